The van der Waals surface area contributed by atoms with Crippen molar-refractivity contribution in [1.82, 2.24) is 20.2 Å². The number of H-pyrrole nitrogens is 1. The third-order valence-electron chi connectivity index (χ3n) is 4.05. The van der Waals surface area contributed by atoms with Crippen LogP contribution in [-0.4, -0.2) is 44.4 Å². The van der Waals surface area contributed by atoms with Gasteiger partial charge in [0, 0.05) is 20.2 Å². The fourth-order valence-electron chi connectivity index (χ4n) is 2.51. The summed E-state index contributed by atoms with van der Waals surface area (Å²) in [5.41, 5.74) is 0.726. The molecular formula is C13H24N4O3S. The Morgan fingerprint density at radius 3 is 2.67 bits per heavy atom. The van der Waals surface area contributed by atoms with Gasteiger partial charge in [-0.05, 0) is 32.7 Å². The predicted molar refractivity (Wildman–Crippen MR) is 79.5 cm³/mol. The monoisotopic (exact) mass is 316 g/mol. The molecule has 0 amide bonds. The number of rotatable bonds is 8. The molecule has 0 aliphatic heterocycles. The van der Waals surface area contributed by atoms with Crippen LogP contribution in [-0.2, 0) is 21.3 Å². The van der Waals surface area contributed by atoms with Crippen LogP contribution in [0.3, 0.4) is 0 Å². The van der Waals surface area contributed by atoms with Crippen molar-refractivity contribution in [2.24, 2.45) is 0 Å². The van der Waals surface area contributed by atoms with Gasteiger partial charge in [-0.2, -0.15) is 5.10 Å². The molecule has 1 fully saturated rings. The second-order valence-electron chi connectivity index (χ2n) is 5.47. The zero-order valence-electron chi connectivity index (χ0n) is 12.8. The minimum Gasteiger partial charge on any atom is -0.377 e. The second kappa shape index (κ2) is 6.43. The number of methoxy groups -OCH3 is 1. The molecular weight excluding hydrogens is 292 g/mol. The molecule has 0 atom stereocenters. The quantitative estimate of drug-likeness (QED) is 0.655. The Kier molecular flexibility index (Phi) is 5.03. The van der Waals surface area contributed by atoms with Crippen molar-refractivity contribution in [3.8, 4) is 0 Å². The summed E-state index contributed by atoms with van der Waals surface area (Å²) in [6.07, 6.45) is 2.85. The highest BCUT2D eigenvalue weighted by Gasteiger charge is 2.38. The van der Waals surface area contributed by atoms with Crippen molar-refractivity contribution < 1.29 is 13.2 Å². The number of hydrogen-bond acceptors (Lipinski definition) is 5. The first-order chi connectivity index (χ1) is 9.94. The highest BCUT2D eigenvalue weighted by molar-refractivity contribution is 7.89. The molecule has 7 nitrogen and oxygen atoms in total. The van der Waals surface area contributed by atoms with Gasteiger partial charge in [-0.1, -0.05) is 6.92 Å². The minimum atomic E-state index is -3.59. The lowest BCUT2D eigenvalue weighted by atomic mass is 9.80. The molecule has 0 aromatic carbocycles. The average molecular weight is 316 g/mol. The highest BCUT2D eigenvalue weighted by atomic mass is 32.2. The van der Waals surface area contributed by atoms with Crippen molar-refractivity contribution in [2.45, 2.75) is 50.2 Å². The minimum absolute atomic E-state index is 0.244. The van der Waals surface area contributed by atoms with Crippen LogP contribution >= 0.6 is 0 Å². The molecule has 2 rings (SSSR count). The van der Waals surface area contributed by atoms with Gasteiger partial charge in [0.05, 0.1) is 17.0 Å². The average Bonchev–Trinajstić information content (AvgIpc) is 2.77. The molecule has 0 saturated heterocycles. The second-order valence-corrected chi connectivity index (χ2v) is 7.17. The van der Waals surface area contributed by atoms with E-state index in [1.54, 1.807) is 14.0 Å². The van der Waals surface area contributed by atoms with Crippen LogP contribution in [0, 0.1) is 6.92 Å². The van der Waals surface area contributed by atoms with Crippen molar-refractivity contribution in [2.75, 3.05) is 20.2 Å². The Balaban J connectivity index is 2.13. The predicted octanol–water partition coefficient (Wildman–Crippen LogP) is 0.675. The van der Waals surface area contributed by atoms with E-state index in [9.17, 15) is 8.42 Å². The molecule has 1 heterocycles. The van der Waals surface area contributed by atoms with Crippen LogP contribution in [0.1, 0.15) is 37.6 Å². The van der Waals surface area contributed by atoms with Crippen LogP contribution in [0.4, 0.5) is 0 Å². The van der Waals surface area contributed by atoms with Crippen LogP contribution in [0.5, 0.6) is 0 Å². The Morgan fingerprint density at radius 1 is 1.43 bits per heavy atom. The third kappa shape index (κ3) is 3.45. The molecule has 1 saturated carbocycles. The molecule has 1 aromatic heterocycles. The van der Waals surface area contributed by atoms with Crippen LogP contribution in [0.25, 0.3) is 0 Å². The van der Waals surface area contributed by atoms with Gasteiger partial charge in [0.25, 0.3) is 0 Å². The number of nitrogens with one attached hydrogen (secondary N) is 3. The van der Waals surface area contributed by atoms with E-state index in [4.69, 9.17) is 4.74 Å². The van der Waals surface area contributed by atoms with Crippen molar-refractivity contribution >= 4 is 10.0 Å². The van der Waals surface area contributed by atoms with Gasteiger partial charge in [0.2, 0.25) is 10.0 Å². The van der Waals surface area contributed by atoms with Gasteiger partial charge < -0.3 is 10.1 Å². The van der Waals surface area contributed by atoms with Gasteiger partial charge in [-0.15, -0.1) is 0 Å². The third-order valence-corrected chi connectivity index (χ3v) is 5.66. The lowest BCUT2D eigenvalue weighted by Crippen LogP contribution is -2.49. The van der Waals surface area contributed by atoms with Gasteiger partial charge >= 0.3 is 0 Å². The topological polar surface area (TPSA) is 96.1 Å². The number of aromatic nitrogens is 2. The smallest absolute Gasteiger partial charge is 0.244 e. The molecule has 1 aliphatic rings. The largest absolute Gasteiger partial charge is 0.377 e. The van der Waals surface area contributed by atoms with Gasteiger partial charge in [-0.25, -0.2) is 13.1 Å². The summed E-state index contributed by atoms with van der Waals surface area (Å²) in [5, 5.41) is 9.93. The van der Waals surface area contributed by atoms with E-state index >= 15 is 0 Å². The normalized spacial score (nSPS) is 17.7. The van der Waals surface area contributed by atoms with Crippen molar-refractivity contribution in [3.05, 3.63) is 11.4 Å². The molecule has 120 valence electrons. The SMILES string of the molecule is CCNCc1n[nH]c(C)c1S(=O)(=O)NCC1(OC)CCC1. The standard InChI is InChI=1S/C13H24N4O3S/c1-4-14-8-11-12(10(2)16-17-11)21(18,19)15-9-13(20-3)6-5-7-13/h14-15H,4-9H2,1-3H3,(H,16,17). The van der Waals surface area contributed by atoms with E-state index in [2.05, 4.69) is 20.2 Å². The lowest BCUT2D eigenvalue weighted by molar-refractivity contribution is -0.0659. The number of nitrogens with zero attached hydrogens (tertiary/aromatic N) is 1. The summed E-state index contributed by atoms with van der Waals surface area (Å²) >= 11 is 0. The molecule has 0 unspecified atom stereocenters. The van der Waals surface area contributed by atoms with Crippen LogP contribution in [0.15, 0.2) is 4.90 Å². The van der Waals surface area contributed by atoms with E-state index in [0.717, 1.165) is 25.8 Å². The van der Waals surface area contributed by atoms with Crippen LogP contribution < -0.4 is 10.0 Å². The summed E-state index contributed by atoms with van der Waals surface area (Å²) < 4.78 is 33.2. The maximum absolute atomic E-state index is 12.5. The first-order valence-corrected chi connectivity index (χ1v) is 8.72. The zero-order chi connectivity index (χ0) is 15.5. The first kappa shape index (κ1) is 16.4. The molecule has 0 spiro atoms. The molecule has 3 N–H and O–H groups in total. The summed E-state index contributed by atoms with van der Waals surface area (Å²) in [4.78, 5) is 0.244. The van der Waals surface area contributed by atoms with E-state index < -0.39 is 10.0 Å². The van der Waals surface area contributed by atoms with E-state index in [1.165, 1.54) is 0 Å². The number of aromatic amines is 1. The number of ether oxygens (including phenoxy) is 1. The molecule has 0 bridgehead atoms. The fourth-order valence-corrected chi connectivity index (χ4v) is 3.99. The van der Waals surface area contributed by atoms with E-state index in [-0.39, 0.29) is 10.5 Å². The van der Waals surface area contributed by atoms with E-state index in [1.807, 2.05) is 6.92 Å². The van der Waals surface area contributed by atoms with Gasteiger partial charge in [0.1, 0.15) is 4.90 Å². The van der Waals surface area contributed by atoms with Crippen molar-refractivity contribution in [3.63, 3.8) is 0 Å². The maximum atomic E-state index is 12.5. The number of sulfonamides is 1. The Labute approximate surface area is 125 Å². The maximum Gasteiger partial charge on any atom is 0.244 e. The van der Waals surface area contributed by atoms with Gasteiger partial charge in [0.15, 0.2) is 0 Å². The number of aryl methyl sites for hydroxylation is 1. The van der Waals surface area contributed by atoms with Crippen molar-refractivity contribution in [1.29, 1.82) is 0 Å². The summed E-state index contributed by atoms with van der Waals surface area (Å²) in [6.45, 7) is 5.16. The summed E-state index contributed by atoms with van der Waals surface area (Å²) in [6, 6.07) is 0. The zero-order valence-corrected chi connectivity index (χ0v) is 13.6. The Morgan fingerprint density at radius 2 is 2.14 bits per heavy atom. The summed E-state index contributed by atoms with van der Waals surface area (Å²) in [7, 11) is -1.96. The van der Waals surface area contributed by atoms with Crippen LogP contribution in [0.2, 0.25) is 0 Å². The van der Waals surface area contributed by atoms with E-state index in [0.29, 0.717) is 24.5 Å². The highest BCUT2D eigenvalue weighted by Crippen LogP contribution is 2.34. The van der Waals surface area contributed by atoms with Gasteiger partial charge in [-0.3, -0.25) is 5.10 Å². The fraction of sp³-hybridized carbons (Fsp3) is 0.769. The molecule has 0 radical (unpaired) electrons. The lowest BCUT2D eigenvalue weighted by Gasteiger charge is -2.40. The molecule has 8 heteroatoms. The summed E-state index contributed by atoms with van der Waals surface area (Å²) in [5.74, 6) is 0. The Bertz CT molecular complexity index is 573. The molecule has 21 heavy (non-hydrogen) atoms. The molecule has 1 aliphatic carbocycles. The number of hydrogen-bond donors (Lipinski definition) is 3. The Hall–Kier alpha value is -0.960. The first-order valence-electron chi connectivity index (χ1n) is 7.23. The molecule has 1 aromatic rings.